The van der Waals surface area contributed by atoms with Crippen LogP contribution in [0, 0.1) is 0 Å². The van der Waals surface area contributed by atoms with E-state index in [0.29, 0.717) is 30.9 Å². The molecule has 0 bridgehead atoms. The fraction of sp³-hybridized carbons (Fsp3) is 0.529. The van der Waals surface area contributed by atoms with Crippen molar-refractivity contribution in [3.05, 3.63) is 18.2 Å². The number of hydrogen-bond donors (Lipinski definition) is 1. The first-order chi connectivity index (χ1) is 11.1. The topological polar surface area (TPSA) is 67.9 Å². The summed E-state index contributed by atoms with van der Waals surface area (Å²) in [4.78, 5) is 25.7. The lowest BCUT2D eigenvalue weighted by atomic mass is 10.2. The number of unbranched alkanes of at least 4 members (excludes halogenated alkanes) is 1. The van der Waals surface area contributed by atoms with Crippen molar-refractivity contribution in [2.24, 2.45) is 0 Å². The second-order valence-corrected chi connectivity index (χ2v) is 5.62. The zero-order valence-electron chi connectivity index (χ0n) is 13.9. The number of rotatable bonds is 7. The standard InChI is InChI=1S/C17H24N2O4/c1-4-5-6-16(20)18-12-9-17(21)19(11-12)13-7-8-14(22-2)15(10-13)23-3/h7-8,10,12H,4-6,9,11H2,1-3H3,(H,18,20)/t12-/m0/s1. The van der Waals surface area contributed by atoms with Crippen LogP contribution in [0.5, 0.6) is 11.5 Å². The van der Waals surface area contributed by atoms with E-state index in [4.69, 9.17) is 9.47 Å². The Morgan fingerprint density at radius 2 is 2.04 bits per heavy atom. The lowest BCUT2D eigenvalue weighted by Crippen LogP contribution is -2.37. The summed E-state index contributed by atoms with van der Waals surface area (Å²) in [5.74, 6) is 1.21. The highest BCUT2D eigenvalue weighted by atomic mass is 16.5. The van der Waals surface area contributed by atoms with E-state index < -0.39 is 0 Å². The molecule has 1 N–H and O–H groups in total. The van der Waals surface area contributed by atoms with Crippen LogP contribution in [0.25, 0.3) is 0 Å². The van der Waals surface area contributed by atoms with Crippen molar-refractivity contribution >= 4 is 17.5 Å². The molecule has 1 aliphatic heterocycles. The molecule has 1 fully saturated rings. The summed E-state index contributed by atoms with van der Waals surface area (Å²) in [7, 11) is 3.13. The quantitative estimate of drug-likeness (QED) is 0.835. The van der Waals surface area contributed by atoms with E-state index in [2.05, 4.69) is 5.32 Å². The number of methoxy groups -OCH3 is 2. The van der Waals surface area contributed by atoms with Crippen molar-refractivity contribution in [3.8, 4) is 11.5 Å². The van der Waals surface area contributed by atoms with Gasteiger partial charge in [0.1, 0.15) is 0 Å². The molecular weight excluding hydrogens is 296 g/mol. The van der Waals surface area contributed by atoms with Crippen LogP contribution in [0.15, 0.2) is 18.2 Å². The summed E-state index contributed by atoms with van der Waals surface area (Å²) in [5, 5.41) is 2.94. The van der Waals surface area contributed by atoms with E-state index in [1.807, 2.05) is 13.0 Å². The summed E-state index contributed by atoms with van der Waals surface area (Å²) in [6, 6.07) is 5.23. The number of nitrogens with one attached hydrogen (secondary N) is 1. The molecule has 1 aliphatic rings. The molecule has 0 saturated carbocycles. The number of amides is 2. The van der Waals surface area contributed by atoms with Gasteiger partial charge in [0.05, 0.1) is 20.3 Å². The van der Waals surface area contributed by atoms with E-state index in [-0.39, 0.29) is 17.9 Å². The molecule has 6 nitrogen and oxygen atoms in total. The Morgan fingerprint density at radius 3 is 2.70 bits per heavy atom. The predicted octanol–water partition coefficient (Wildman–Crippen LogP) is 2.12. The molecule has 0 aromatic heterocycles. The summed E-state index contributed by atoms with van der Waals surface area (Å²) in [6.07, 6.45) is 2.68. The van der Waals surface area contributed by atoms with Gasteiger partial charge in [-0.3, -0.25) is 9.59 Å². The monoisotopic (exact) mass is 320 g/mol. The van der Waals surface area contributed by atoms with Gasteiger partial charge < -0.3 is 19.7 Å². The third kappa shape index (κ3) is 4.15. The minimum Gasteiger partial charge on any atom is -0.493 e. The first-order valence-corrected chi connectivity index (χ1v) is 7.90. The first kappa shape index (κ1) is 17.1. The third-order valence-electron chi connectivity index (χ3n) is 3.93. The lowest BCUT2D eigenvalue weighted by Gasteiger charge is -2.19. The second kappa shape index (κ2) is 7.85. The molecule has 1 heterocycles. The van der Waals surface area contributed by atoms with Crippen molar-refractivity contribution in [1.82, 2.24) is 5.32 Å². The maximum atomic E-state index is 12.2. The molecule has 2 rings (SSSR count). The molecule has 0 unspecified atom stereocenters. The fourth-order valence-electron chi connectivity index (χ4n) is 2.68. The van der Waals surface area contributed by atoms with Gasteiger partial charge in [-0.25, -0.2) is 0 Å². The molecule has 0 radical (unpaired) electrons. The van der Waals surface area contributed by atoms with Crippen molar-refractivity contribution in [1.29, 1.82) is 0 Å². The highest BCUT2D eigenvalue weighted by molar-refractivity contribution is 5.97. The zero-order valence-corrected chi connectivity index (χ0v) is 13.9. The van der Waals surface area contributed by atoms with Gasteiger partial charge in [-0.2, -0.15) is 0 Å². The van der Waals surface area contributed by atoms with Gasteiger partial charge in [0.25, 0.3) is 0 Å². The molecule has 1 aromatic carbocycles. The highest BCUT2D eigenvalue weighted by Crippen LogP contribution is 2.33. The molecular formula is C17H24N2O4. The third-order valence-corrected chi connectivity index (χ3v) is 3.93. The van der Waals surface area contributed by atoms with Crippen molar-refractivity contribution in [2.75, 3.05) is 25.7 Å². The van der Waals surface area contributed by atoms with Crippen LogP contribution in [0.1, 0.15) is 32.6 Å². The number of anilines is 1. The van der Waals surface area contributed by atoms with E-state index in [1.165, 1.54) is 0 Å². The molecule has 1 atom stereocenters. The number of hydrogen-bond acceptors (Lipinski definition) is 4. The maximum absolute atomic E-state index is 12.2. The van der Waals surface area contributed by atoms with Gasteiger partial charge in [-0.15, -0.1) is 0 Å². The molecule has 23 heavy (non-hydrogen) atoms. The summed E-state index contributed by atoms with van der Waals surface area (Å²) < 4.78 is 10.5. The Kier molecular flexibility index (Phi) is 5.84. The Hall–Kier alpha value is -2.24. The van der Waals surface area contributed by atoms with E-state index in [0.717, 1.165) is 18.5 Å². The van der Waals surface area contributed by atoms with Crippen LogP contribution in [-0.4, -0.2) is 38.6 Å². The molecule has 126 valence electrons. The summed E-state index contributed by atoms with van der Waals surface area (Å²) in [6.45, 7) is 2.53. The van der Waals surface area contributed by atoms with Crippen molar-refractivity contribution < 1.29 is 19.1 Å². The number of ether oxygens (including phenoxy) is 2. The predicted molar refractivity (Wildman–Crippen MR) is 88.0 cm³/mol. The van der Waals surface area contributed by atoms with Gasteiger partial charge >= 0.3 is 0 Å². The maximum Gasteiger partial charge on any atom is 0.229 e. The minimum atomic E-state index is -0.139. The number of nitrogens with zero attached hydrogens (tertiary/aromatic N) is 1. The Bertz CT molecular complexity index is 574. The molecule has 2 amide bonds. The normalized spacial score (nSPS) is 17.3. The largest absolute Gasteiger partial charge is 0.493 e. The number of carbonyl (C=O) groups is 2. The van der Waals surface area contributed by atoms with Crippen LogP contribution < -0.4 is 19.7 Å². The van der Waals surface area contributed by atoms with Crippen LogP contribution in [-0.2, 0) is 9.59 Å². The van der Waals surface area contributed by atoms with E-state index >= 15 is 0 Å². The Balaban J connectivity index is 2.04. The van der Waals surface area contributed by atoms with Gasteiger partial charge in [-0.1, -0.05) is 13.3 Å². The average molecular weight is 320 g/mol. The Morgan fingerprint density at radius 1 is 1.30 bits per heavy atom. The van der Waals surface area contributed by atoms with Crippen molar-refractivity contribution in [3.63, 3.8) is 0 Å². The number of benzene rings is 1. The summed E-state index contributed by atoms with van der Waals surface area (Å²) in [5.41, 5.74) is 0.748. The van der Waals surface area contributed by atoms with Crippen LogP contribution in [0.4, 0.5) is 5.69 Å². The van der Waals surface area contributed by atoms with Crippen molar-refractivity contribution in [2.45, 2.75) is 38.6 Å². The summed E-state index contributed by atoms with van der Waals surface area (Å²) >= 11 is 0. The lowest BCUT2D eigenvalue weighted by molar-refractivity contribution is -0.121. The zero-order chi connectivity index (χ0) is 16.8. The first-order valence-electron chi connectivity index (χ1n) is 7.90. The molecule has 0 aliphatic carbocycles. The SMILES string of the molecule is CCCCC(=O)N[C@H]1CC(=O)N(c2ccc(OC)c(OC)c2)C1. The highest BCUT2D eigenvalue weighted by Gasteiger charge is 2.31. The molecule has 0 spiro atoms. The van der Waals surface area contributed by atoms with Gasteiger partial charge in [0, 0.05) is 31.1 Å². The van der Waals surface area contributed by atoms with Gasteiger partial charge in [0.15, 0.2) is 11.5 Å². The van der Waals surface area contributed by atoms with E-state index in [1.54, 1.807) is 31.3 Å². The van der Waals surface area contributed by atoms with Crippen LogP contribution in [0.3, 0.4) is 0 Å². The molecule has 1 saturated heterocycles. The smallest absolute Gasteiger partial charge is 0.229 e. The van der Waals surface area contributed by atoms with Gasteiger partial charge in [0.2, 0.25) is 11.8 Å². The minimum absolute atomic E-state index is 0.00184. The second-order valence-electron chi connectivity index (χ2n) is 5.62. The van der Waals surface area contributed by atoms with E-state index in [9.17, 15) is 9.59 Å². The Labute approximate surface area is 136 Å². The fourth-order valence-corrected chi connectivity index (χ4v) is 2.68. The van der Waals surface area contributed by atoms with Crippen LogP contribution in [0.2, 0.25) is 0 Å². The number of carbonyl (C=O) groups excluding carboxylic acids is 2. The molecule has 6 heteroatoms. The average Bonchev–Trinajstić information content (AvgIpc) is 2.92. The molecule has 1 aromatic rings. The van der Waals surface area contributed by atoms with Gasteiger partial charge in [-0.05, 0) is 18.6 Å². The van der Waals surface area contributed by atoms with Crippen LogP contribution >= 0.6 is 0 Å².